The summed E-state index contributed by atoms with van der Waals surface area (Å²) in [7, 11) is 3.11. The highest BCUT2D eigenvalue weighted by Gasteiger charge is 2.16. The number of esters is 1. The summed E-state index contributed by atoms with van der Waals surface area (Å²) in [6.45, 7) is -0.411. The van der Waals surface area contributed by atoms with E-state index in [0.29, 0.717) is 22.2 Å². The van der Waals surface area contributed by atoms with Gasteiger partial charge in [-0.15, -0.1) is 11.3 Å². The molecule has 162 valence electrons. The Morgan fingerprint density at radius 2 is 1.75 bits per heavy atom. The molecule has 32 heavy (non-hydrogen) atoms. The highest BCUT2D eigenvalue weighted by molar-refractivity contribution is 7.13. The molecule has 0 aliphatic heterocycles. The summed E-state index contributed by atoms with van der Waals surface area (Å²) in [5.74, 6) is 0.0742. The lowest BCUT2D eigenvalue weighted by atomic mass is 10.1. The van der Waals surface area contributed by atoms with E-state index in [4.69, 9.17) is 14.2 Å². The van der Waals surface area contributed by atoms with Gasteiger partial charge in [0.05, 0.1) is 14.2 Å². The Hall–Kier alpha value is -3.91. The third-order valence-corrected chi connectivity index (χ3v) is 5.63. The number of fused-ring (bicyclic) bond motifs is 1. The Kier molecular flexibility index (Phi) is 6.32. The van der Waals surface area contributed by atoms with Gasteiger partial charge in [0.1, 0.15) is 5.01 Å². The molecule has 0 saturated heterocycles. The van der Waals surface area contributed by atoms with E-state index < -0.39 is 18.5 Å². The van der Waals surface area contributed by atoms with Crippen molar-refractivity contribution in [2.45, 2.75) is 0 Å². The number of benzene rings is 3. The van der Waals surface area contributed by atoms with Crippen LogP contribution in [0.3, 0.4) is 0 Å². The second-order valence-corrected chi connectivity index (χ2v) is 7.62. The van der Waals surface area contributed by atoms with E-state index in [-0.39, 0.29) is 5.69 Å². The zero-order chi connectivity index (χ0) is 22.5. The Morgan fingerprint density at radius 1 is 0.969 bits per heavy atom. The van der Waals surface area contributed by atoms with Crippen molar-refractivity contribution in [1.82, 2.24) is 4.98 Å². The average Bonchev–Trinajstić information content (AvgIpc) is 3.33. The maximum atomic E-state index is 12.4. The Labute approximate surface area is 188 Å². The Morgan fingerprint density at radius 3 is 2.56 bits per heavy atom. The van der Waals surface area contributed by atoms with Crippen molar-refractivity contribution in [1.29, 1.82) is 0 Å². The Bertz CT molecular complexity index is 1280. The first kappa shape index (κ1) is 21.3. The highest BCUT2D eigenvalue weighted by Crippen LogP contribution is 2.33. The maximum Gasteiger partial charge on any atom is 0.358 e. The van der Waals surface area contributed by atoms with Crippen molar-refractivity contribution >= 4 is 39.7 Å². The third kappa shape index (κ3) is 4.55. The molecule has 0 bridgehead atoms. The molecule has 7 nitrogen and oxygen atoms in total. The first-order valence-corrected chi connectivity index (χ1v) is 10.6. The number of anilines is 1. The van der Waals surface area contributed by atoms with E-state index in [1.54, 1.807) is 37.8 Å². The Balaban J connectivity index is 1.40. The molecule has 4 aromatic rings. The summed E-state index contributed by atoms with van der Waals surface area (Å²) in [5.41, 5.74) is 1.58. The molecule has 0 spiro atoms. The van der Waals surface area contributed by atoms with E-state index in [1.807, 2.05) is 42.5 Å². The molecule has 0 atom stereocenters. The van der Waals surface area contributed by atoms with Crippen LogP contribution in [-0.4, -0.2) is 37.7 Å². The van der Waals surface area contributed by atoms with Gasteiger partial charge in [0.25, 0.3) is 5.91 Å². The predicted octanol–water partition coefficient (Wildman–Crippen LogP) is 4.78. The number of carbonyl (C=O) groups is 2. The number of ether oxygens (including phenoxy) is 3. The van der Waals surface area contributed by atoms with Crippen molar-refractivity contribution < 1.29 is 23.8 Å². The van der Waals surface area contributed by atoms with Crippen molar-refractivity contribution in [2.75, 3.05) is 26.1 Å². The largest absolute Gasteiger partial charge is 0.493 e. The fourth-order valence-corrected chi connectivity index (χ4v) is 3.98. The van der Waals surface area contributed by atoms with Gasteiger partial charge in [-0.2, -0.15) is 0 Å². The quantitative estimate of drug-likeness (QED) is 0.410. The van der Waals surface area contributed by atoms with Gasteiger partial charge >= 0.3 is 5.97 Å². The minimum Gasteiger partial charge on any atom is -0.493 e. The fraction of sp³-hybridized carbons (Fsp3) is 0.125. The lowest BCUT2D eigenvalue weighted by molar-refractivity contribution is -0.119. The molecular weight excluding hydrogens is 428 g/mol. The van der Waals surface area contributed by atoms with Gasteiger partial charge in [-0.3, -0.25) is 4.79 Å². The molecule has 8 heteroatoms. The van der Waals surface area contributed by atoms with Crippen molar-refractivity contribution in [2.24, 2.45) is 0 Å². The van der Waals surface area contributed by atoms with Crippen molar-refractivity contribution in [3.8, 4) is 22.1 Å². The number of carbonyl (C=O) groups excluding carboxylic acids is 2. The van der Waals surface area contributed by atoms with Crippen LogP contribution in [-0.2, 0) is 9.53 Å². The van der Waals surface area contributed by atoms with Crippen LogP contribution in [0.2, 0.25) is 0 Å². The number of amides is 1. The molecule has 1 heterocycles. The van der Waals surface area contributed by atoms with E-state index in [1.165, 1.54) is 11.3 Å². The van der Waals surface area contributed by atoms with Gasteiger partial charge < -0.3 is 19.5 Å². The van der Waals surface area contributed by atoms with Crippen LogP contribution in [0.15, 0.2) is 66.0 Å². The molecule has 0 aliphatic carbocycles. The summed E-state index contributed by atoms with van der Waals surface area (Å²) in [6, 6.07) is 18.7. The minimum absolute atomic E-state index is 0.137. The predicted molar refractivity (Wildman–Crippen MR) is 124 cm³/mol. The second-order valence-electron chi connectivity index (χ2n) is 6.76. The zero-order valence-corrected chi connectivity index (χ0v) is 18.3. The van der Waals surface area contributed by atoms with E-state index in [0.717, 1.165) is 16.3 Å². The molecule has 3 aromatic carbocycles. The molecular formula is C24H20N2O5S. The second kappa shape index (κ2) is 9.49. The SMILES string of the molecule is COc1ccc(-c2nc(C(=O)OCC(=O)Nc3cccc4ccccc34)cs2)cc1OC. The monoisotopic (exact) mass is 448 g/mol. The van der Waals surface area contributed by atoms with Crippen LogP contribution in [0.25, 0.3) is 21.3 Å². The van der Waals surface area contributed by atoms with Crippen LogP contribution in [0.1, 0.15) is 10.5 Å². The van der Waals surface area contributed by atoms with Crippen LogP contribution in [0.4, 0.5) is 5.69 Å². The lowest BCUT2D eigenvalue weighted by Crippen LogP contribution is -2.21. The standard InChI is InChI=1S/C24H20N2O5S/c1-29-20-11-10-16(12-21(20)30-2)23-26-19(14-32-23)24(28)31-13-22(27)25-18-9-5-7-15-6-3-4-8-17(15)18/h3-12,14H,13H2,1-2H3,(H,25,27). The van der Waals surface area contributed by atoms with E-state index in [2.05, 4.69) is 10.3 Å². The molecule has 0 unspecified atom stereocenters. The molecule has 4 rings (SSSR count). The number of hydrogen-bond donors (Lipinski definition) is 1. The summed E-state index contributed by atoms with van der Waals surface area (Å²) in [5, 5.41) is 6.92. The van der Waals surface area contributed by atoms with Gasteiger partial charge in [-0.1, -0.05) is 36.4 Å². The fourth-order valence-electron chi connectivity index (χ4n) is 3.20. The van der Waals surface area contributed by atoms with Gasteiger partial charge in [-0.05, 0) is 29.7 Å². The summed E-state index contributed by atoms with van der Waals surface area (Å²) < 4.78 is 15.7. The molecule has 1 amide bonds. The number of thiazole rings is 1. The van der Waals surface area contributed by atoms with Crippen LogP contribution in [0, 0.1) is 0 Å². The summed E-state index contributed by atoms with van der Waals surface area (Å²) >= 11 is 1.29. The van der Waals surface area contributed by atoms with Gasteiger partial charge in [-0.25, -0.2) is 9.78 Å². The van der Waals surface area contributed by atoms with E-state index >= 15 is 0 Å². The number of nitrogens with one attached hydrogen (secondary N) is 1. The normalized spacial score (nSPS) is 10.6. The van der Waals surface area contributed by atoms with Gasteiger partial charge in [0, 0.05) is 22.0 Å². The number of rotatable bonds is 7. The average molecular weight is 449 g/mol. The van der Waals surface area contributed by atoms with Crippen LogP contribution < -0.4 is 14.8 Å². The zero-order valence-electron chi connectivity index (χ0n) is 17.5. The molecule has 0 aliphatic rings. The molecule has 1 aromatic heterocycles. The lowest BCUT2D eigenvalue weighted by Gasteiger charge is -2.09. The highest BCUT2D eigenvalue weighted by atomic mass is 32.1. The minimum atomic E-state index is -0.666. The molecule has 0 fully saturated rings. The van der Waals surface area contributed by atoms with Crippen LogP contribution >= 0.6 is 11.3 Å². The van der Waals surface area contributed by atoms with Gasteiger partial charge in [0.2, 0.25) is 0 Å². The molecule has 1 N–H and O–H groups in total. The van der Waals surface area contributed by atoms with Gasteiger partial charge in [0.15, 0.2) is 23.8 Å². The number of aromatic nitrogens is 1. The first-order chi connectivity index (χ1) is 15.6. The molecule has 0 saturated carbocycles. The van der Waals surface area contributed by atoms with Crippen molar-refractivity contribution in [3.63, 3.8) is 0 Å². The summed E-state index contributed by atoms with van der Waals surface area (Å²) in [6.07, 6.45) is 0. The topological polar surface area (TPSA) is 86.8 Å². The maximum absolute atomic E-state index is 12.4. The van der Waals surface area contributed by atoms with E-state index in [9.17, 15) is 9.59 Å². The van der Waals surface area contributed by atoms with Crippen molar-refractivity contribution in [3.05, 3.63) is 71.7 Å². The third-order valence-electron chi connectivity index (χ3n) is 4.74. The number of nitrogens with zero attached hydrogens (tertiary/aromatic N) is 1. The smallest absolute Gasteiger partial charge is 0.358 e. The summed E-state index contributed by atoms with van der Waals surface area (Å²) in [4.78, 5) is 29.0. The number of methoxy groups -OCH3 is 2. The first-order valence-electron chi connectivity index (χ1n) is 9.71. The van der Waals surface area contributed by atoms with Crippen LogP contribution in [0.5, 0.6) is 11.5 Å². The number of hydrogen-bond acceptors (Lipinski definition) is 7. The molecule has 0 radical (unpaired) electrons.